The third kappa shape index (κ3) is 3.92. The standard InChI is InChI=1S/C16H20N2O3/c1-11-4-6-13(7-5-11)14-10-15(21-17-14)16(20)18(3)9-8-12(2)19/h4-7,10,12,19H,8-9H2,1-3H3. The maximum Gasteiger partial charge on any atom is 0.292 e. The van der Waals surface area contributed by atoms with Crippen LogP contribution in [0.3, 0.4) is 0 Å². The number of aliphatic hydroxyl groups excluding tert-OH is 1. The molecule has 1 heterocycles. The number of hydrogen-bond donors (Lipinski definition) is 1. The molecule has 1 N–H and O–H groups in total. The number of rotatable bonds is 5. The van der Waals surface area contributed by atoms with E-state index < -0.39 is 6.10 Å². The number of hydrogen-bond acceptors (Lipinski definition) is 4. The molecule has 1 unspecified atom stereocenters. The van der Waals surface area contributed by atoms with Gasteiger partial charge in [0.1, 0.15) is 5.69 Å². The van der Waals surface area contributed by atoms with Crippen LogP contribution in [0.2, 0.25) is 0 Å². The van der Waals surface area contributed by atoms with Crippen LogP contribution in [0, 0.1) is 6.92 Å². The van der Waals surface area contributed by atoms with E-state index in [9.17, 15) is 9.90 Å². The van der Waals surface area contributed by atoms with Gasteiger partial charge in [-0.2, -0.15) is 0 Å². The lowest BCUT2D eigenvalue weighted by molar-refractivity contribution is 0.0728. The van der Waals surface area contributed by atoms with E-state index in [1.807, 2.05) is 31.2 Å². The van der Waals surface area contributed by atoms with E-state index in [-0.39, 0.29) is 11.7 Å². The van der Waals surface area contributed by atoms with E-state index in [1.165, 1.54) is 4.90 Å². The highest BCUT2D eigenvalue weighted by Crippen LogP contribution is 2.20. The van der Waals surface area contributed by atoms with Crippen LogP contribution in [-0.2, 0) is 0 Å². The van der Waals surface area contributed by atoms with Crippen molar-refractivity contribution in [3.05, 3.63) is 41.7 Å². The maximum atomic E-state index is 12.2. The minimum absolute atomic E-state index is 0.207. The maximum absolute atomic E-state index is 12.2. The summed E-state index contributed by atoms with van der Waals surface area (Å²) in [5.74, 6) is -0.0276. The van der Waals surface area contributed by atoms with Crippen molar-refractivity contribution in [3.8, 4) is 11.3 Å². The van der Waals surface area contributed by atoms with Crippen molar-refractivity contribution in [1.29, 1.82) is 0 Å². The normalized spacial score (nSPS) is 12.2. The van der Waals surface area contributed by atoms with Crippen LogP contribution in [0.1, 0.15) is 29.5 Å². The van der Waals surface area contributed by atoms with Crippen LogP contribution >= 0.6 is 0 Å². The highest BCUT2D eigenvalue weighted by Gasteiger charge is 2.18. The van der Waals surface area contributed by atoms with E-state index >= 15 is 0 Å². The Morgan fingerprint density at radius 1 is 1.38 bits per heavy atom. The Bertz CT molecular complexity index is 602. The molecule has 1 aromatic heterocycles. The van der Waals surface area contributed by atoms with Gasteiger partial charge in [-0.15, -0.1) is 0 Å². The number of nitrogens with zero attached hydrogens (tertiary/aromatic N) is 2. The Morgan fingerprint density at radius 3 is 2.67 bits per heavy atom. The minimum Gasteiger partial charge on any atom is -0.393 e. The summed E-state index contributed by atoms with van der Waals surface area (Å²) < 4.78 is 5.14. The van der Waals surface area contributed by atoms with Crippen molar-refractivity contribution in [1.82, 2.24) is 10.1 Å². The second-order valence-corrected chi connectivity index (χ2v) is 5.31. The summed E-state index contributed by atoms with van der Waals surface area (Å²) in [5, 5.41) is 13.2. The Morgan fingerprint density at radius 2 is 2.05 bits per heavy atom. The van der Waals surface area contributed by atoms with Crippen LogP contribution in [0.4, 0.5) is 0 Å². The predicted molar refractivity (Wildman–Crippen MR) is 79.9 cm³/mol. The molecule has 1 aromatic carbocycles. The van der Waals surface area contributed by atoms with Crippen molar-refractivity contribution in [2.24, 2.45) is 0 Å². The zero-order chi connectivity index (χ0) is 15.4. The monoisotopic (exact) mass is 288 g/mol. The molecule has 0 radical (unpaired) electrons. The average Bonchev–Trinajstić information content (AvgIpc) is 2.94. The number of benzene rings is 1. The summed E-state index contributed by atoms with van der Waals surface area (Å²) in [6.07, 6.45) is 0.0966. The topological polar surface area (TPSA) is 66.6 Å². The lowest BCUT2D eigenvalue weighted by Gasteiger charge is -2.15. The van der Waals surface area contributed by atoms with Crippen LogP contribution in [-0.4, -0.2) is 40.8 Å². The van der Waals surface area contributed by atoms with Crippen molar-refractivity contribution >= 4 is 5.91 Å². The predicted octanol–water partition coefficient (Wildman–Crippen LogP) is 2.49. The van der Waals surface area contributed by atoms with Gasteiger partial charge in [0.15, 0.2) is 0 Å². The molecule has 0 saturated heterocycles. The lowest BCUT2D eigenvalue weighted by Crippen LogP contribution is -2.29. The zero-order valence-corrected chi connectivity index (χ0v) is 12.5. The molecule has 1 amide bonds. The molecule has 0 spiro atoms. The van der Waals surface area contributed by atoms with Crippen molar-refractivity contribution in [2.75, 3.05) is 13.6 Å². The molecular formula is C16H20N2O3. The molecule has 5 heteroatoms. The summed E-state index contributed by atoms with van der Waals surface area (Å²) in [7, 11) is 1.68. The van der Waals surface area contributed by atoms with Gasteiger partial charge in [-0.05, 0) is 20.3 Å². The van der Waals surface area contributed by atoms with Crippen molar-refractivity contribution in [2.45, 2.75) is 26.4 Å². The third-order valence-electron chi connectivity index (χ3n) is 3.30. The number of carbonyl (C=O) groups is 1. The van der Waals surface area contributed by atoms with E-state index in [4.69, 9.17) is 4.52 Å². The SMILES string of the molecule is Cc1ccc(-c2cc(C(=O)N(C)CCC(C)O)on2)cc1. The largest absolute Gasteiger partial charge is 0.393 e. The fourth-order valence-electron chi connectivity index (χ4n) is 1.91. The fraction of sp³-hybridized carbons (Fsp3) is 0.375. The average molecular weight is 288 g/mol. The first-order valence-electron chi connectivity index (χ1n) is 6.94. The quantitative estimate of drug-likeness (QED) is 0.918. The van der Waals surface area contributed by atoms with Gasteiger partial charge in [-0.1, -0.05) is 35.0 Å². The summed E-state index contributed by atoms with van der Waals surface area (Å²) in [5.41, 5.74) is 2.72. The highest BCUT2D eigenvalue weighted by molar-refractivity contribution is 5.92. The van der Waals surface area contributed by atoms with Gasteiger partial charge >= 0.3 is 0 Å². The molecule has 2 rings (SSSR count). The lowest BCUT2D eigenvalue weighted by atomic mass is 10.1. The van der Waals surface area contributed by atoms with Crippen LogP contribution in [0.5, 0.6) is 0 Å². The molecule has 2 aromatic rings. The molecule has 0 aliphatic heterocycles. The second-order valence-electron chi connectivity index (χ2n) is 5.31. The molecule has 5 nitrogen and oxygen atoms in total. The number of carbonyl (C=O) groups excluding carboxylic acids is 1. The number of aromatic nitrogens is 1. The number of aryl methyl sites for hydroxylation is 1. The van der Waals surface area contributed by atoms with Gasteiger partial charge < -0.3 is 14.5 Å². The molecule has 1 atom stereocenters. The van der Waals surface area contributed by atoms with Crippen LogP contribution in [0.15, 0.2) is 34.9 Å². The first-order chi connectivity index (χ1) is 9.97. The van der Waals surface area contributed by atoms with Gasteiger partial charge in [0.25, 0.3) is 5.91 Å². The first-order valence-corrected chi connectivity index (χ1v) is 6.94. The van der Waals surface area contributed by atoms with E-state index in [0.29, 0.717) is 18.7 Å². The van der Waals surface area contributed by atoms with Gasteiger partial charge in [-0.25, -0.2) is 0 Å². The van der Waals surface area contributed by atoms with Gasteiger partial charge in [0.2, 0.25) is 5.76 Å². The van der Waals surface area contributed by atoms with Crippen molar-refractivity contribution in [3.63, 3.8) is 0 Å². The van der Waals surface area contributed by atoms with Gasteiger partial charge in [0, 0.05) is 25.2 Å². The molecule has 0 saturated carbocycles. The highest BCUT2D eigenvalue weighted by atomic mass is 16.5. The second kappa shape index (κ2) is 6.54. The zero-order valence-electron chi connectivity index (χ0n) is 12.5. The van der Waals surface area contributed by atoms with Crippen LogP contribution < -0.4 is 0 Å². The van der Waals surface area contributed by atoms with Crippen LogP contribution in [0.25, 0.3) is 11.3 Å². The Hall–Kier alpha value is -2.14. The number of aliphatic hydroxyl groups is 1. The summed E-state index contributed by atoms with van der Waals surface area (Å²) in [6.45, 7) is 4.18. The molecule has 0 bridgehead atoms. The third-order valence-corrected chi connectivity index (χ3v) is 3.30. The van der Waals surface area contributed by atoms with Gasteiger partial charge in [-0.3, -0.25) is 4.79 Å². The fourth-order valence-corrected chi connectivity index (χ4v) is 1.91. The Balaban J connectivity index is 2.08. The molecule has 0 fully saturated rings. The molecule has 0 aliphatic rings. The van der Waals surface area contributed by atoms with E-state index in [1.54, 1.807) is 20.0 Å². The summed E-state index contributed by atoms with van der Waals surface area (Å²) in [6, 6.07) is 9.50. The molecule has 112 valence electrons. The molecular weight excluding hydrogens is 268 g/mol. The first kappa shape index (κ1) is 15.3. The van der Waals surface area contributed by atoms with E-state index in [2.05, 4.69) is 5.16 Å². The Kier molecular flexibility index (Phi) is 4.75. The Labute approximate surface area is 124 Å². The van der Waals surface area contributed by atoms with E-state index in [0.717, 1.165) is 11.1 Å². The molecule has 21 heavy (non-hydrogen) atoms. The summed E-state index contributed by atoms with van der Waals surface area (Å²) in [4.78, 5) is 13.7. The number of amides is 1. The minimum atomic E-state index is -0.432. The summed E-state index contributed by atoms with van der Waals surface area (Å²) >= 11 is 0. The van der Waals surface area contributed by atoms with Crippen molar-refractivity contribution < 1.29 is 14.4 Å². The molecule has 0 aliphatic carbocycles. The smallest absolute Gasteiger partial charge is 0.292 e. The van der Waals surface area contributed by atoms with Gasteiger partial charge in [0.05, 0.1) is 6.10 Å².